The first-order valence-corrected chi connectivity index (χ1v) is 8.02. The van der Waals surface area contributed by atoms with Crippen molar-refractivity contribution in [1.82, 2.24) is 14.3 Å². The zero-order valence-electron chi connectivity index (χ0n) is 12.3. The Morgan fingerprint density at radius 1 is 1.43 bits per heavy atom. The van der Waals surface area contributed by atoms with Crippen LogP contribution in [-0.4, -0.2) is 39.1 Å². The molecule has 0 saturated carbocycles. The molecule has 1 amide bonds. The number of likely N-dealkylation sites (tertiary alicyclic amines) is 1. The van der Waals surface area contributed by atoms with Gasteiger partial charge in [0.05, 0.1) is 6.20 Å². The first-order valence-electron chi connectivity index (χ1n) is 6.94. The van der Waals surface area contributed by atoms with Crippen LogP contribution in [-0.2, 0) is 4.74 Å². The van der Waals surface area contributed by atoms with Crippen molar-refractivity contribution in [3.05, 3.63) is 33.8 Å². The van der Waals surface area contributed by atoms with Gasteiger partial charge in [0.25, 0.3) is 0 Å². The summed E-state index contributed by atoms with van der Waals surface area (Å²) in [5.74, 6) is 0.372. The van der Waals surface area contributed by atoms with Crippen molar-refractivity contribution < 1.29 is 9.53 Å². The summed E-state index contributed by atoms with van der Waals surface area (Å²) in [4.78, 5) is 18.0. The first kappa shape index (κ1) is 14.6. The molecule has 5 nitrogen and oxygen atoms in total. The quantitative estimate of drug-likeness (QED) is 0.692. The number of imidazole rings is 1. The molecule has 1 aliphatic heterocycles. The van der Waals surface area contributed by atoms with Crippen molar-refractivity contribution in [2.24, 2.45) is 0 Å². The number of nitrogens with zero attached hydrogens (tertiary/aromatic N) is 3. The summed E-state index contributed by atoms with van der Waals surface area (Å²) < 4.78 is 8.51. The number of rotatable bonds is 1. The molecule has 0 aliphatic carbocycles. The van der Waals surface area contributed by atoms with E-state index in [1.807, 2.05) is 37.6 Å². The number of halogens is 1. The number of carbonyl (C=O) groups excluding carboxylic acids is 1. The lowest BCUT2D eigenvalue weighted by Crippen LogP contribution is -2.50. The van der Waals surface area contributed by atoms with Crippen LogP contribution < -0.4 is 0 Å². The Morgan fingerprint density at radius 3 is 2.81 bits per heavy atom. The lowest BCUT2D eigenvalue weighted by molar-refractivity contribution is 0.00820. The fourth-order valence-corrected chi connectivity index (χ4v) is 2.93. The lowest BCUT2D eigenvalue weighted by atomic mass is 9.92. The normalized spacial score (nSPS) is 16.1. The molecule has 1 saturated heterocycles. The molecule has 0 bridgehead atoms. The highest BCUT2D eigenvalue weighted by Gasteiger charge is 2.34. The molecule has 3 rings (SSSR count). The molecule has 3 heterocycles. The van der Waals surface area contributed by atoms with Crippen LogP contribution in [0.1, 0.15) is 32.3 Å². The Kier molecular flexibility index (Phi) is 3.59. The van der Waals surface area contributed by atoms with E-state index in [0.717, 1.165) is 9.35 Å². The van der Waals surface area contributed by atoms with E-state index in [4.69, 9.17) is 4.74 Å². The van der Waals surface area contributed by atoms with Crippen LogP contribution >= 0.6 is 22.6 Å². The molecular weight excluding hydrogens is 381 g/mol. The molecule has 0 N–H and O–H groups in total. The number of hydrogen-bond donors (Lipinski definition) is 0. The van der Waals surface area contributed by atoms with E-state index in [1.54, 1.807) is 4.90 Å². The smallest absolute Gasteiger partial charge is 0.410 e. The molecule has 1 aliphatic rings. The molecule has 6 heteroatoms. The van der Waals surface area contributed by atoms with Crippen LogP contribution in [0.25, 0.3) is 5.65 Å². The van der Waals surface area contributed by atoms with E-state index < -0.39 is 5.60 Å². The van der Waals surface area contributed by atoms with Gasteiger partial charge in [-0.2, -0.15) is 0 Å². The van der Waals surface area contributed by atoms with Gasteiger partial charge in [-0.15, -0.1) is 0 Å². The topological polar surface area (TPSA) is 46.8 Å². The SMILES string of the molecule is CC(C)(C)OC(=O)N1CC(c2ccn3c(I)cnc3c2)C1. The van der Waals surface area contributed by atoms with E-state index in [-0.39, 0.29) is 6.09 Å². The molecule has 0 aromatic carbocycles. The maximum atomic E-state index is 11.9. The van der Waals surface area contributed by atoms with Crippen LogP contribution in [0, 0.1) is 3.70 Å². The summed E-state index contributed by atoms with van der Waals surface area (Å²) >= 11 is 2.26. The second-order valence-corrected chi connectivity index (χ2v) is 7.46. The van der Waals surface area contributed by atoms with Gasteiger partial charge >= 0.3 is 6.09 Å². The minimum Gasteiger partial charge on any atom is -0.444 e. The Bertz CT molecular complexity index is 684. The largest absolute Gasteiger partial charge is 0.444 e. The molecule has 21 heavy (non-hydrogen) atoms. The molecule has 0 unspecified atom stereocenters. The van der Waals surface area contributed by atoms with Gasteiger partial charge < -0.3 is 9.64 Å². The standard InChI is InChI=1S/C15H18IN3O2/c1-15(2,3)21-14(20)18-8-11(9-18)10-4-5-19-12(16)7-17-13(19)6-10/h4-7,11H,8-9H2,1-3H3. The predicted octanol–water partition coefficient (Wildman–Crippen LogP) is 3.27. The first-order chi connectivity index (χ1) is 9.83. The van der Waals surface area contributed by atoms with Crippen molar-refractivity contribution in [3.63, 3.8) is 0 Å². The van der Waals surface area contributed by atoms with E-state index >= 15 is 0 Å². The van der Waals surface area contributed by atoms with Gasteiger partial charge in [0.15, 0.2) is 0 Å². The number of pyridine rings is 1. The molecule has 0 spiro atoms. The van der Waals surface area contributed by atoms with Crippen LogP contribution in [0.5, 0.6) is 0 Å². The predicted molar refractivity (Wildman–Crippen MR) is 88.5 cm³/mol. The third-order valence-electron chi connectivity index (χ3n) is 3.50. The van der Waals surface area contributed by atoms with Crippen LogP contribution in [0.2, 0.25) is 0 Å². The highest BCUT2D eigenvalue weighted by Crippen LogP contribution is 2.29. The monoisotopic (exact) mass is 399 g/mol. The fourth-order valence-electron chi connectivity index (χ4n) is 2.38. The average molecular weight is 399 g/mol. The number of carbonyl (C=O) groups is 1. The summed E-state index contributed by atoms with van der Waals surface area (Å²) in [5, 5.41) is 0. The highest BCUT2D eigenvalue weighted by atomic mass is 127. The third kappa shape index (κ3) is 3.00. The van der Waals surface area contributed by atoms with Crippen molar-refractivity contribution in [1.29, 1.82) is 0 Å². The summed E-state index contributed by atoms with van der Waals surface area (Å²) in [6.07, 6.45) is 3.67. The van der Waals surface area contributed by atoms with Crippen molar-refractivity contribution in [3.8, 4) is 0 Å². The highest BCUT2D eigenvalue weighted by molar-refractivity contribution is 14.1. The summed E-state index contributed by atoms with van der Waals surface area (Å²) in [5.41, 5.74) is 1.74. The van der Waals surface area contributed by atoms with Crippen LogP contribution in [0.4, 0.5) is 4.79 Å². The Morgan fingerprint density at radius 2 is 2.14 bits per heavy atom. The molecular formula is C15H18IN3O2. The minimum atomic E-state index is -0.437. The Labute approximate surface area is 137 Å². The average Bonchev–Trinajstić information content (AvgIpc) is 2.66. The second kappa shape index (κ2) is 5.15. The molecule has 2 aromatic rings. The number of hydrogen-bond acceptors (Lipinski definition) is 3. The zero-order valence-corrected chi connectivity index (χ0v) is 14.5. The summed E-state index contributed by atoms with van der Waals surface area (Å²) in [6.45, 7) is 7.08. The number of fused-ring (bicyclic) bond motifs is 1. The fraction of sp³-hybridized carbons (Fsp3) is 0.467. The summed E-state index contributed by atoms with van der Waals surface area (Å²) in [7, 11) is 0. The van der Waals surface area contributed by atoms with Crippen molar-refractivity contribution in [2.75, 3.05) is 13.1 Å². The Hall–Kier alpha value is -1.31. The summed E-state index contributed by atoms with van der Waals surface area (Å²) in [6, 6.07) is 4.20. The molecule has 1 fully saturated rings. The molecule has 112 valence electrons. The maximum absolute atomic E-state index is 11.9. The van der Waals surface area contributed by atoms with Gasteiger partial charge in [0.2, 0.25) is 0 Å². The van der Waals surface area contributed by atoms with Gasteiger partial charge in [-0.05, 0) is 61.1 Å². The molecule has 2 aromatic heterocycles. The molecule has 0 radical (unpaired) electrons. The van der Waals surface area contributed by atoms with E-state index in [2.05, 4.69) is 39.7 Å². The maximum Gasteiger partial charge on any atom is 0.410 e. The van der Waals surface area contributed by atoms with Gasteiger partial charge in [-0.3, -0.25) is 4.40 Å². The van der Waals surface area contributed by atoms with Gasteiger partial charge in [-0.25, -0.2) is 9.78 Å². The van der Waals surface area contributed by atoms with E-state index in [1.165, 1.54) is 5.56 Å². The minimum absolute atomic E-state index is 0.227. The van der Waals surface area contributed by atoms with Crippen LogP contribution in [0.3, 0.4) is 0 Å². The van der Waals surface area contributed by atoms with Gasteiger partial charge in [0, 0.05) is 25.2 Å². The van der Waals surface area contributed by atoms with Crippen molar-refractivity contribution in [2.45, 2.75) is 32.3 Å². The van der Waals surface area contributed by atoms with Crippen LogP contribution in [0.15, 0.2) is 24.5 Å². The molecule has 0 atom stereocenters. The second-order valence-electron chi connectivity index (χ2n) is 6.35. The van der Waals surface area contributed by atoms with E-state index in [9.17, 15) is 4.79 Å². The number of amides is 1. The van der Waals surface area contributed by atoms with Gasteiger partial charge in [0.1, 0.15) is 14.9 Å². The Balaban J connectivity index is 1.66. The van der Waals surface area contributed by atoms with E-state index in [0.29, 0.717) is 19.0 Å². The number of aromatic nitrogens is 2. The third-order valence-corrected chi connectivity index (χ3v) is 4.30. The number of ether oxygens (including phenoxy) is 1. The van der Waals surface area contributed by atoms with Gasteiger partial charge in [-0.1, -0.05) is 0 Å². The lowest BCUT2D eigenvalue weighted by Gasteiger charge is -2.40. The zero-order chi connectivity index (χ0) is 15.2. The van der Waals surface area contributed by atoms with Crippen molar-refractivity contribution >= 4 is 34.3 Å².